The highest BCUT2D eigenvalue weighted by molar-refractivity contribution is 7.48. The maximum Gasteiger partial charge on any atom is 0.474 e. The molecule has 2 heterocycles. The van der Waals surface area contributed by atoms with Gasteiger partial charge in [0.05, 0.1) is 51.4 Å². The summed E-state index contributed by atoms with van der Waals surface area (Å²) in [6.07, 6.45) is -2.75. The molecule has 2 rings (SSSR count). The Labute approximate surface area is 169 Å². The first-order valence-electron chi connectivity index (χ1n) is 9.12. The van der Waals surface area contributed by atoms with Crippen LogP contribution >= 0.6 is 7.82 Å². The van der Waals surface area contributed by atoms with Crippen LogP contribution < -0.4 is 0 Å². The average Bonchev–Trinajstić information content (AvgIpc) is 2.96. The maximum atomic E-state index is 12.8. The second-order valence-electron chi connectivity index (χ2n) is 6.81. The SMILES string of the molecule is CC(=O)OC1C2OC(C)(C)OC[C@@H]2O[C@@H]1COP(=O)(OCCC#N)OCCC#N. The van der Waals surface area contributed by atoms with Crippen LogP contribution in [0.1, 0.15) is 33.6 Å². The van der Waals surface area contributed by atoms with Crippen LogP contribution in [-0.4, -0.2) is 62.6 Å². The number of fused-ring (bicyclic) bond motifs is 1. The molecule has 2 aliphatic rings. The molecule has 0 N–H and O–H groups in total. The molecule has 2 fully saturated rings. The Balaban J connectivity index is 2.05. The number of ether oxygens (including phenoxy) is 4. The number of rotatable bonds is 10. The van der Waals surface area contributed by atoms with Gasteiger partial charge in [0, 0.05) is 6.92 Å². The Bertz CT molecular complexity index is 678. The fourth-order valence-corrected chi connectivity index (χ4v) is 4.06. The smallest absolute Gasteiger partial charge is 0.457 e. The van der Waals surface area contributed by atoms with Crippen LogP contribution in [-0.2, 0) is 41.9 Å². The van der Waals surface area contributed by atoms with Crippen LogP contribution in [0.4, 0.5) is 0 Å². The normalized spacial score (nSPS) is 28.2. The fourth-order valence-electron chi connectivity index (χ4n) is 2.88. The van der Waals surface area contributed by atoms with Crippen molar-refractivity contribution in [2.75, 3.05) is 26.4 Å². The number of carbonyl (C=O) groups is 1. The summed E-state index contributed by atoms with van der Waals surface area (Å²) < 4.78 is 50.9. The molecule has 162 valence electrons. The predicted molar refractivity (Wildman–Crippen MR) is 95.0 cm³/mol. The summed E-state index contributed by atoms with van der Waals surface area (Å²) in [7, 11) is -4.05. The zero-order chi connectivity index (χ0) is 21.5. The quantitative estimate of drug-likeness (QED) is 0.283. The summed E-state index contributed by atoms with van der Waals surface area (Å²) in [6, 6.07) is 3.71. The molecule has 0 bridgehead atoms. The Morgan fingerprint density at radius 1 is 1.17 bits per heavy atom. The second kappa shape index (κ2) is 10.5. The summed E-state index contributed by atoms with van der Waals surface area (Å²) in [5.74, 6) is -1.41. The number of esters is 1. The first-order valence-corrected chi connectivity index (χ1v) is 10.6. The van der Waals surface area contributed by atoms with Crippen molar-refractivity contribution in [2.24, 2.45) is 0 Å². The van der Waals surface area contributed by atoms with Gasteiger partial charge in [-0.15, -0.1) is 0 Å². The highest BCUT2D eigenvalue weighted by atomic mass is 31.2. The predicted octanol–water partition coefficient (Wildman–Crippen LogP) is 1.82. The largest absolute Gasteiger partial charge is 0.474 e. The van der Waals surface area contributed by atoms with E-state index in [-0.39, 0.29) is 39.3 Å². The minimum absolute atomic E-state index is 0.0185. The second-order valence-corrected chi connectivity index (χ2v) is 8.48. The van der Waals surface area contributed by atoms with Crippen molar-refractivity contribution in [3.8, 4) is 12.1 Å². The molecule has 0 aliphatic carbocycles. The van der Waals surface area contributed by atoms with E-state index in [0.29, 0.717) is 0 Å². The average molecular weight is 432 g/mol. The van der Waals surface area contributed by atoms with Gasteiger partial charge < -0.3 is 18.9 Å². The van der Waals surface area contributed by atoms with E-state index in [0.717, 1.165) is 0 Å². The summed E-state index contributed by atoms with van der Waals surface area (Å²) >= 11 is 0. The molecule has 29 heavy (non-hydrogen) atoms. The van der Waals surface area contributed by atoms with Crippen LogP contribution in [0, 0.1) is 22.7 Å². The van der Waals surface area contributed by atoms with Crippen LogP contribution in [0.2, 0.25) is 0 Å². The van der Waals surface area contributed by atoms with Gasteiger partial charge in [0.25, 0.3) is 0 Å². The van der Waals surface area contributed by atoms with Gasteiger partial charge in [-0.3, -0.25) is 18.4 Å². The van der Waals surface area contributed by atoms with Crippen molar-refractivity contribution in [3.05, 3.63) is 0 Å². The van der Waals surface area contributed by atoms with E-state index in [1.54, 1.807) is 13.8 Å². The van der Waals surface area contributed by atoms with E-state index in [1.165, 1.54) is 6.92 Å². The van der Waals surface area contributed by atoms with E-state index in [1.807, 2.05) is 12.1 Å². The van der Waals surface area contributed by atoms with E-state index in [2.05, 4.69) is 0 Å². The Kier molecular flexibility index (Phi) is 8.56. The number of nitrogens with zero attached hydrogens (tertiary/aromatic N) is 2. The molecule has 0 saturated carbocycles. The number of phosphoric ester groups is 1. The monoisotopic (exact) mass is 432 g/mol. The molecule has 12 heteroatoms. The van der Waals surface area contributed by atoms with Crippen molar-refractivity contribution < 1.29 is 41.9 Å². The highest BCUT2D eigenvalue weighted by Gasteiger charge is 2.53. The van der Waals surface area contributed by atoms with E-state index in [9.17, 15) is 9.36 Å². The number of hydrogen-bond acceptors (Lipinski definition) is 11. The van der Waals surface area contributed by atoms with Gasteiger partial charge in [-0.1, -0.05) is 0 Å². The molecule has 0 aromatic heterocycles. The lowest BCUT2D eigenvalue weighted by atomic mass is 10.1. The molecule has 11 nitrogen and oxygen atoms in total. The van der Waals surface area contributed by atoms with Gasteiger partial charge in [0.15, 0.2) is 11.9 Å². The zero-order valence-corrected chi connectivity index (χ0v) is 17.5. The third kappa shape index (κ3) is 7.02. The molecule has 2 unspecified atom stereocenters. The van der Waals surface area contributed by atoms with Crippen molar-refractivity contribution in [1.82, 2.24) is 0 Å². The number of nitriles is 2. The molecular formula is C17H25N2O9P. The molecule has 4 atom stereocenters. The van der Waals surface area contributed by atoms with Crippen molar-refractivity contribution in [2.45, 2.75) is 63.8 Å². The Morgan fingerprint density at radius 2 is 1.79 bits per heavy atom. The summed E-state index contributed by atoms with van der Waals surface area (Å²) in [5.41, 5.74) is 0. The molecular weight excluding hydrogens is 407 g/mol. The minimum atomic E-state index is -4.05. The minimum Gasteiger partial charge on any atom is -0.457 e. The molecule has 0 radical (unpaired) electrons. The van der Waals surface area contributed by atoms with Crippen LogP contribution in [0.5, 0.6) is 0 Å². The molecule has 0 aromatic rings. The lowest BCUT2D eigenvalue weighted by Gasteiger charge is -2.38. The van der Waals surface area contributed by atoms with Crippen LogP contribution in [0.25, 0.3) is 0 Å². The van der Waals surface area contributed by atoms with Gasteiger partial charge in [0.2, 0.25) is 0 Å². The first-order chi connectivity index (χ1) is 13.7. The molecule has 0 amide bonds. The number of phosphoric acid groups is 1. The summed E-state index contributed by atoms with van der Waals surface area (Å²) in [6.45, 7) is 4.32. The highest BCUT2D eigenvalue weighted by Crippen LogP contribution is 2.50. The molecule has 0 aromatic carbocycles. The van der Waals surface area contributed by atoms with Crippen molar-refractivity contribution in [3.63, 3.8) is 0 Å². The Hall–Kier alpha value is -1.56. The van der Waals surface area contributed by atoms with Crippen LogP contribution in [0.3, 0.4) is 0 Å². The van der Waals surface area contributed by atoms with Gasteiger partial charge >= 0.3 is 13.8 Å². The number of hydrogen-bond donors (Lipinski definition) is 0. The molecule has 2 aliphatic heterocycles. The zero-order valence-electron chi connectivity index (χ0n) is 16.6. The van der Waals surface area contributed by atoms with Gasteiger partial charge in [-0.2, -0.15) is 10.5 Å². The lowest BCUT2D eigenvalue weighted by molar-refractivity contribution is -0.300. The molecule has 2 saturated heterocycles. The third-order valence-electron chi connectivity index (χ3n) is 4.05. The van der Waals surface area contributed by atoms with Gasteiger partial charge in [-0.05, 0) is 13.8 Å². The Morgan fingerprint density at radius 3 is 2.34 bits per heavy atom. The van der Waals surface area contributed by atoms with E-state index >= 15 is 0 Å². The van der Waals surface area contributed by atoms with Gasteiger partial charge in [0.1, 0.15) is 18.3 Å². The summed E-state index contributed by atoms with van der Waals surface area (Å²) in [4.78, 5) is 11.6. The first kappa shape index (κ1) is 23.7. The number of carbonyl (C=O) groups excluding carboxylic acids is 1. The van der Waals surface area contributed by atoms with E-state index in [4.69, 9.17) is 43.0 Å². The lowest BCUT2D eigenvalue weighted by Crippen LogP contribution is -2.51. The van der Waals surface area contributed by atoms with Crippen LogP contribution in [0.15, 0.2) is 0 Å². The van der Waals surface area contributed by atoms with Gasteiger partial charge in [-0.25, -0.2) is 4.57 Å². The standard InChI is InChI=1S/C17H25N2O9P/c1-12(20)26-15-14(27-13-10-22-17(2,3)28-16(13)15)11-25-29(21,23-8-4-6-18)24-9-5-7-19/h13-16H,4-5,8-11H2,1-3H3/t13-,14+,15?,16?/m0/s1. The maximum absolute atomic E-state index is 12.8. The molecule has 0 spiro atoms. The summed E-state index contributed by atoms with van der Waals surface area (Å²) in [5, 5.41) is 17.2. The fraction of sp³-hybridized carbons (Fsp3) is 0.824. The topological polar surface area (TPSA) is 146 Å². The van der Waals surface area contributed by atoms with Crippen molar-refractivity contribution in [1.29, 1.82) is 10.5 Å². The van der Waals surface area contributed by atoms with Crippen molar-refractivity contribution >= 4 is 13.8 Å². The third-order valence-corrected chi connectivity index (χ3v) is 5.51. The van der Waals surface area contributed by atoms with E-state index < -0.39 is 44.0 Å².